The lowest BCUT2D eigenvalue weighted by molar-refractivity contribution is -0.141. The molecule has 25 heavy (non-hydrogen) atoms. The lowest BCUT2D eigenvalue weighted by atomic mass is 9.86. The monoisotopic (exact) mass is 342 g/mol. The number of carbonyl (C=O) groups is 2. The molecule has 1 fully saturated rings. The van der Waals surface area contributed by atoms with Gasteiger partial charge in [-0.1, -0.05) is 24.3 Å². The molecule has 1 aliphatic rings. The molecule has 7 heteroatoms. The Kier molecular flexibility index (Phi) is 4.83. The van der Waals surface area contributed by atoms with Crippen LogP contribution in [-0.4, -0.2) is 50.2 Å². The van der Waals surface area contributed by atoms with Crippen LogP contribution in [0.5, 0.6) is 0 Å². The third-order valence-corrected chi connectivity index (χ3v) is 4.78. The van der Waals surface area contributed by atoms with Gasteiger partial charge in [-0.25, -0.2) is 4.98 Å². The average Bonchev–Trinajstić information content (AvgIpc) is 3.19. The molecule has 0 radical (unpaired) electrons. The van der Waals surface area contributed by atoms with Crippen LogP contribution in [0.25, 0.3) is 0 Å². The summed E-state index contributed by atoms with van der Waals surface area (Å²) in [6, 6.07) is 7.79. The number of hydrogen-bond acceptors (Lipinski definition) is 4. The molecule has 0 spiro atoms. The Morgan fingerprint density at radius 3 is 2.68 bits per heavy atom. The Labute approximate surface area is 146 Å². The van der Waals surface area contributed by atoms with E-state index in [9.17, 15) is 14.7 Å². The Morgan fingerprint density at radius 2 is 2.04 bits per heavy atom. The molecule has 3 rings (SSSR count). The molecule has 1 aromatic carbocycles. The first-order chi connectivity index (χ1) is 12.0. The average molecular weight is 342 g/mol. The fraction of sp³-hybridized carbons (Fsp3) is 0.444. The number of likely N-dealkylation sites (tertiary alicyclic amines) is 1. The van der Waals surface area contributed by atoms with E-state index in [0.29, 0.717) is 24.6 Å². The zero-order chi connectivity index (χ0) is 18.0. The summed E-state index contributed by atoms with van der Waals surface area (Å²) in [6.07, 6.45) is 0.733. The normalized spacial score (nSPS) is 20.0. The van der Waals surface area contributed by atoms with Crippen molar-refractivity contribution in [1.82, 2.24) is 20.1 Å². The summed E-state index contributed by atoms with van der Waals surface area (Å²) in [5, 5.41) is 16.4. The van der Waals surface area contributed by atoms with Gasteiger partial charge in [-0.3, -0.25) is 14.7 Å². The summed E-state index contributed by atoms with van der Waals surface area (Å²) in [4.78, 5) is 30.1. The van der Waals surface area contributed by atoms with Crippen LogP contribution in [0, 0.1) is 19.8 Å². The minimum absolute atomic E-state index is 0.0511. The lowest BCUT2D eigenvalue weighted by Gasteiger charge is -2.18. The van der Waals surface area contributed by atoms with Gasteiger partial charge in [0.05, 0.1) is 5.92 Å². The highest BCUT2D eigenvalue weighted by atomic mass is 16.4. The number of rotatable bonds is 5. The molecular weight excluding hydrogens is 320 g/mol. The second-order valence-corrected chi connectivity index (χ2v) is 6.54. The summed E-state index contributed by atoms with van der Waals surface area (Å²) < 4.78 is 0. The number of hydrogen-bond donors (Lipinski definition) is 2. The number of carboxylic acids is 1. The maximum Gasteiger partial charge on any atom is 0.308 e. The summed E-state index contributed by atoms with van der Waals surface area (Å²) in [5.74, 6) is -0.327. The zero-order valence-electron chi connectivity index (χ0n) is 14.4. The van der Waals surface area contributed by atoms with Crippen molar-refractivity contribution < 1.29 is 14.7 Å². The van der Waals surface area contributed by atoms with E-state index in [2.05, 4.69) is 15.2 Å². The Balaban J connectivity index is 1.70. The van der Waals surface area contributed by atoms with Gasteiger partial charge in [0.25, 0.3) is 0 Å². The van der Waals surface area contributed by atoms with E-state index >= 15 is 0 Å². The van der Waals surface area contributed by atoms with E-state index in [1.165, 1.54) is 0 Å². The molecule has 1 aliphatic heterocycles. The van der Waals surface area contributed by atoms with E-state index in [-0.39, 0.29) is 24.8 Å². The highest BCUT2D eigenvalue weighted by molar-refractivity contribution is 5.79. The predicted molar refractivity (Wildman–Crippen MR) is 91.1 cm³/mol. The molecule has 132 valence electrons. The number of aliphatic carboxylic acids is 1. The van der Waals surface area contributed by atoms with Crippen molar-refractivity contribution >= 4 is 11.9 Å². The van der Waals surface area contributed by atoms with Gasteiger partial charge in [-0.15, -0.1) is 0 Å². The largest absolute Gasteiger partial charge is 0.481 e. The number of aromatic amines is 1. The van der Waals surface area contributed by atoms with Crippen LogP contribution < -0.4 is 0 Å². The number of nitrogens with one attached hydrogen (secondary N) is 1. The van der Waals surface area contributed by atoms with Crippen molar-refractivity contribution in [1.29, 1.82) is 0 Å². The molecule has 1 amide bonds. The first-order valence-corrected chi connectivity index (χ1v) is 8.39. The fourth-order valence-electron chi connectivity index (χ4n) is 3.45. The molecule has 1 aromatic heterocycles. The van der Waals surface area contributed by atoms with Gasteiger partial charge in [0.1, 0.15) is 5.82 Å². The summed E-state index contributed by atoms with van der Waals surface area (Å²) >= 11 is 0. The first-order valence-electron chi connectivity index (χ1n) is 8.39. The van der Waals surface area contributed by atoms with E-state index in [0.717, 1.165) is 11.1 Å². The maximum atomic E-state index is 12.5. The zero-order valence-corrected chi connectivity index (χ0v) is 14.4. The summed E-state index contributed by atoms with van der Waals surface area (Å²) in [5.41, 5.74) is 2.07. The molecule has 0 bridgehead atoms. The SMILES string of the molecule is Cc1nc(CCC(=O)N2C[C@H](C(=O)O)[C@@H](c3ccccc3C)C2)n[nH]1. The van der Waals surface area contributed by atoms with Crippen molar-refractivity contribution in [3.05, 3.63) is 47.0 Å². The molecule has 0 aliphatic carbocycles. The molecular formula is C18H22N4O3. The molecule has 2 atom stereocenters. The van der Waals surface area contributed by atoms with Crippen molar-refractivity contribution in [2.75, 3.05) is 13.1 Å². The van der Waals surface area contributed by atoms with E-state index in [4.69, 9.17) is 0 Å². The van der Waals surface area contributed by atoms with Gasteiger partial charge < -0.3 is 10.0 Å². The molecule has 2 heterocycles. The minimum atomic E-state index is -0.854. The number of carboxylic acid groups (broad SMARTS) is 1. The van der Waals surface area contributed by atoms with Crippen LogP contribution >= 0.6 is 0 Å². The number of amides is 1. The third kappa shape index (κ3) is 3.70. The smallest absolute Gasteiger partial charge is 0.308 e. The Morgan fingerprint density at radius 1 is 1.28 bits per heavy atom. The Hall–Kier alpha value is -2.70. The second kappa shape index (κ2) is 7.04. The quantitative estimate of drug-likeness (QED) is 0.861. The number of nitrogens with zero attached hydrogens (tertiary/aromatic N) is 3. The van der Waals surface area contributed by atoms with Gasteiger partial charge in [0.15, 0.2) is 5.82 Å². The number of aromatic nitrogens is 3. The number of H-pyrrole nitrogens is 1. The highest BCUT2D eigenvalue weighted by Crippen LogP contribution is 2.34. The molecule has 1 saturated heterocycles. The van der Waals surface area contributed by atoms with Crippen LogP contribution in [0.4, 0.5) is 0 Å². The molecule has 7 nitrogen and oxygen atoms in total. The second-order valence-electron chi connectivity index (χ2n) is 6.54. The number of carbonyl (C=O) groups excluding carboxylic acids is 1. The van der Waals surface area contributed by atoms with Crippen LogP contribution in [0.15, 0.2) is 24.3 Å². The summed E-state index contributed by atoms with van der Waals surface area (Å²) in [6.45, 7) is 4.47. The lowest BCUT2D eigenvalue weighted by Crippen LogP contribution is -2.30. The van der Waals surface area contributed by atoms with Crippen molar-refractivity contribution in [2.45, 2.75) is 32.6 Å². The molecule has 2 N–H and O–H groups in total. The minimum Gasteiger partial charge on any atom is -0.481 e. The van der Waals surface area contributed by atoms with Gasteiger partial charge in [-0.05, 0) is 25.0 Å². The van der Waals surface area contributed by atoms with Gasteiger partial charge in [-0.2, -0.15) is 5.10 Å². The predicted octanol–water partition coefficient (Wildman–Crippen LogP) is 1.68. The fourth-order valence-corrected chi connectivity index (χ4v) is 3.45. The topological polar surface area (TPSA) is 99.2 Å². The van der Waals surface area contributed by atoms with Crippen molar-refractivity contribution in [3.63, 3.8) is 0 Å². The molecule has 2 aromatic rings. The van der Waals surface area contributed by atoms with E-state index in [1.54, 1.807) is 4.90 Å². The molecule has 0 unspecified atom stereocenters. The van der Waals surface area contributed by atoms with Crippen LogP contribution in [0.1, 0.15) is 35.1 Å². The van der Waals surface area contributed by atoms with Gasteiger partial charge in [0.2, 0.25) is 5.91 Å². The number of benzene rings is 1. The van der Waals surface area contributed by atoms with Crippen molar-refractivity contribution in [3.8, 4) is 0 Å². The number of aryl methyl sites for hydroxylation is 3. The van der Waals surface area contributed by atoms with E-state index < -0.39 is 11.9 Å². The van der Waals surface area contributed by atoms with Crippen LogP contribution in [-0.2, 0) is 16.0 Å². The van der Waals surface area contributed by atoms with E-state index in [1.807, 2.05) is 38.1 Å². The third-order valence-electron chi connectivity index (χ3n) is 4.78. The van der Waals surface area contributed by atoms with Gasteiger partial charge >= 0.3 is 5.97 Å². The van der Waals surface area contributed by atoms with Crippen molar-refractivity contribution in [2.24, 2.45) is 5.92 Å². The first kappa shape index (κ1) is 17.1. The summed E-state index contributed by atoms with van der Waals surface area (Å²) in [7, 11) is 0. The van der Waals surface area contributed by atoms with Crippen LogP contribution in [0.3, 0.4) is 0 Å². The van der Waals surface area contributed by atoms with Crippen LogP contribution in [0.2, 0.25) is 0 Å². The standard InChI is InChI=1S/C18H22N4O3/c1-11-5-3-4-6-13(11)14-9-22(10-15(14)18(24)25)17(23)8-7-16-19-12(2)20-21-16/h3-6,14-15H,7-10H2,1-2H3,(H,24,25)(H,19,20,21)/t14-,15+/m1/s1. The molecule has 0 saturated carbocycles. The van der Waals surface area contributed by atoms with Gasteiger partial charge in [0, 0.05) is 31.8 Å². The maximum absolute atomic E-state index is 12.5. The highest BCUT2D eigenvalue weighted by Gasteiger charge is 2.40. The Bertz CT molecular complexity index is 786.